The molecule has 2 aromatic heterocycles. The highest BCUT2D eigenvalue weighted by molar-refractivity contribution is 6.09. The van der Waals surface area contributed by atoms with Crippen molar-refractivity contribution >= 4 is 44.6 Å². The average Bonchev–Trinajstić information content (AvgIpc) is 3.64. The van der Waals surface area contributed by atoms with Gasteiger partial charge in [0.05, 0.1) is 11.0 Å². The van der Waals surface area contributed by atoms with E-state index in [9.17, 15) is 0 Å². The number of hydrogen-bond donors (Lipinski definition) is 0. The zero-order valence-corrected chi connectivity index (χ0v) is 35.8. The summed E-state index contributed by atoms with van der Waals surface area (Å²) in [5, 5.41) is 2.37. The van der Waals surface area contributed by atoms with Gasteiger partial charge >= 0.3 is 0 Å². The van der Waals surface area contributed by atoms with E-state index in [4.69, 9.17) is 9.72 Å². The number of ether oxygens (including phenoxy) is 1. The lowest BCUT2D eigenvalue weighted by Gasteiger charge is -2.41. The molecule has 0 saturated carbocycles. The number of para-hydroxylation sites is 1. The zero-order chi connectivity index (χ0) is 40.5. The van der Waals surface area contributed by atoms with E-state index in [-0.39, 0.29) is 21.7 Å². The summed E-state index contributed by atoms with van der Waals surface area (Å²) in [5.74, 6) is 2.54. The third kappa shape index (κ3) is 5.76. The van der Waals surface area contributed by atoms with Crippen LogP contribution in [0.25, 0.3) is 27.6 Å². The maximum Gasteiger partial charge on any atom is 0.225 e. The van der Waals surface area contributed by atoms with Crippen molar-refractivity contribution in [3.63, 3.8) is 0 Å². The molecule has 5 aromatic carbocycles. The number of quaternary nitrogens is 2. The molecular weight excluding hydrogens is 697 g/mol. The zero-order valence-electron chi connectivity index (χ0n) is 35.8. The normalized spacial score (nSPS) is 19.3. The molecule has 1 unspecified atom stereocenters. The Labute approximate surface area is 339 Å². The van der Waals surface area contributed by atoms with Crippen molar-refractivity contribution in [1.29, 1.82) is 0 Å². The van der Waals surface area contributed by atoms with E-state index in [1.165, 1.54) is 55.8 Å². The van der Waals surface area contributed by atoms with Crippen molar-refractivity contribution in [3.05, 3.63) is 150 Å². The highest BCUT2D eigenvalue weighted by Crippen LogP contribution is 2.75. The molecule has 7 aromatic rings. The van der Waals surface area contributed by atoms with Crippen molar-refractivity contribution in [2.45, 2.75) is 105 Å². The molecule has 4 heterocycles. The van der Waals surface area contributed by atoms with Crippen LogP contribution >= 0.6 is 0 Å². The third-order valence-corrected chi connectivity index (χ3v) is 12.3. The van der Waals surface area contributed by atoms with Gasteiger partial charge in [-0.3, -0.25) is 4.57 Å². The second kappa shape index (κ2) is 12.1. The molecule has 0 radical (unpaired) electrons. The highest BCUT2D eigenvalue weighted by Gasteiger charge is 2.78. The molecule has 2 aliphatic rings. The Morgan fingerprint density at radius 3 is 1.82 bits per heavy atom. The van der Waals surface area contributed by atoms with Gasteiger partial charge < -0.3 is 4.74 Å². The minimum absolute atomic E-state index is 0.000970. The number of hydrogen-bond acceptors (Lipinski definition) is 2. The second-order valence-corrected chi connectivity index (χ2v) is 20.5. The first-order chi connectivity index (χ1) is 26.7. The van der Waals surface area contributed by atoms with Gasteiger partial charge in [0.2, 0.25) is 11.4 Å². The van der Waals surface area contributed by atoms with Gasteiger partial charge in [0.25, 0.3) is 0 Å². The van der Waals surface area contributed by atoms with E-state index >= 15 is 0 Å². The minimum Gasteiger partial charge on any atom is -0.457 e. The summed E-state index contributed by atoms with van der Waals surface area (Å²) in [5.41, 5.74) is 12.5. The predicted molar refractivity (Wildman–Crippen MR) is 240 cm³/mol. The van der Waals surface area contributed by atoms with Crippen LogP contribution in [0.3, 0.4) is 0 Å². The van der Waals surface area contributed by atoms with Crippen molar-refractivity contribution in [3.8, 4) is 17.3 Å². The molecule has 2 atom stereocenters. The lowest BCUT2D eigenvalue weighted by Crippen LogP contribution is -2.47. The summed E-state index contributed by atoms with van der Waals surface area (Å²) in [4.78, 5) is 4.91. The molecule has 290 valence electrons. The van der Waals surface area contributed by atoms with E-state index < -0.39 is 0 Å². The SMILES string of the molecule is CC(C)(C)c1cc(Oc2ccc3c4ccccc4n(-c4cc(C(C)(C)C)ccn4)c3c2)cc([N+]23[CH-][N@+]2(c2cccc(C(C)(C)C)c2)c2cc(C(C)(C)C)ccc23)c1. The van der Waals surface area contributed by atoms with Gasteiger partial charge in [-0.2, -0.15) is 9.18 Å². The molecule has 2 aliphatic heterocycles. The maximum absolute atomic E-state index is 7.00. The molecule has 1 saturated heterocycles. The number of fused-ring (bicyclic) bond motifs is 7. The molecule has 5 nitrogen and oxygen atoms in total. The van der Waals surface area contributed by atoms with Gasteiger partial charge in [0.1, 0.15) is 17.3 Å². The summed E-state index contributed by atoms with van der Waals surface area (Å²) in [6.07, 6.45) is 1.93. The van der Waals surface area contributed by atoms with E-state index in [2.05, 4.69) is 210 Å². The highest BCUT2D eigenvalue weighted by atomic mass is 16.5. The molecule has 1 fully saturated rings. The first kappa shape index (κ1) is 37.4. The van der Waals surface area contributed by atoms with E-state index in [0.717, 1.165) is 28.4 Å². The van der Waals surface area contributed by atoms with Crippen LogP contribution in [0.1, 0.15) is 105 Å². The molecule has 0 spiro atoms. The number of pyridine rings is 1. The molecule has 0 bridgehead atoms. The molecule has 9 rings (SSSR count). The van der Waals surface area contributed by atoms with Gasteiger partial charge in [-0.25, -0.2) is 4.98 Å². The number of aromatic nitrogens is 2. The van der Waals surface area contributed by atoms with E-state index in [0.29, 0.717) is 9.18 Å². The van der Waals surface area contributed by atoms with Gasteiger partial charge in [0.15, 0.2) is 18.0 Å². The van der Waals surface area contributed by atoms with Crippen molar-refractivity contribution in [2.24, 2.45) is 0 Å². The van der Waals surface area contributed by atoms with Gasteiger partial charge in [0, 0.05) is 59.4 Å². The fourth-order valence-electron chi connectivity index (χ4n) is 8.83. The van der Waals surface area contributed by atoms with Gasteiger partial charge in [-0.1, -0.05) is 119 Å². The fraction of sp³-hybridized carbons (Fsp3) is 0.308. The molecule has 0 amide bonds. The lowest BCUT2D eigenvalue weighted by molar-refractivity contribution is 0.419. The van der Waals surface area contributed by atoms with Crippen LogP contribution in [-0.2, 0) is 21.7 Å². The fourth-order valence-corrected chi connectivity index (χ4v) is 8.83. The topological polar surface area (TPSA) is 27.1 Å². The van der Waals surface area contributed by atoms with Crippen LogP contribution in [0.15, 0.2) is 121 Å². The smallest absolute Gasteiger partial charge is 0.225 e. The van der Waals surface area contributed by atoms with Crippen LogP contribution < -0.4 is 13.9 Å². The Kier molecular flexibility index (Phi) is 7.96. The molecule has 57 heavy (non-hydrogen) atoms. The van der Waals surface area contributed by atoms with Crippen LogP contribution in [0.5, 0.6) is 11.5 Å². The first-order valence-corrected chi connectivity index (χ1v) is 20.5. The Bertz CT molecular complexity index is 2750. The van der Waals surface area contributed by atoms with Crippen LogP contribution in [0, 0.1) is 6.67 Å². The summed E-state index contributed by atoms with van der Waals surface area (Å²) in [6.45, 7) is 29.9. The quantitative estimate of drug-likeness (QED) is 0.0994. The third-order valence-electron chi connectivity index (χ3n) is 12.3. The van der Waals surface area contributed by atoms with E-state index in [1.54, 1.807) is 0 Å². The molecule has 0 aliphatic carbocycles. The van der Waals surface area contributed by atoms with Crippen molar-refractivity contribution in [2.75, 3.05) is 0 Å². The molecular formula is C52H57N4O+. The Balaban J connectivity index is 1.19. The molecule has 5 heteroatoms. The summed E-state index contributed by atoms with van der Waals surface area (Å²) < 4.78 is 10.6. The Morgan fingerprint density at radius 1 is 0.474 bits per heavy atom. The average molecular weight is 754 g/mol. The van der Waals surface area contributed by atoms with Gasteiger partial charge in [-0.15, -0.1) is 0 Å². The summed E-state index contributed by atoms with van der Waals surface area (Å²) in [6, 6.07) is 42.8. The second-order valence-electron chi connectivity index (χ2n) is 20.5. The Hall–Kier alpha value is -5.23. The number of rotatable bonds is 5. The molecule has 0 N–H and O–H groups in total. The number of nitrogens with zero attached hydrogens (tertiary/aromatic N) is 4. The maximum atomic E-state index is 7.00. The lowest BCUT2D eigenvalue weighted by atomic mass is 9.85. The van der Waals surface area contributed by atoms with E-state index in [1.807, 2.05) is 6.20 Å². The van der Waals surface area contributed by atoms with Crippen LogP contribution in [-0.4, -0.2) is 9.55 Å². The monoisotopic (exact) mass is 753 g/mol. The standard InChI is InChI=1S/C52H57N4O/c1-49(2,3)34-16-15-17-38(26-34)55-33-56(55,46-23-20-35(29-47(46)55)50(4,5)6)39-27-37(52(10,11)12)28-41(31-39)57-40-21-22-43-42-18-13-14-19-44(42)54(45(43)32-40)48-30-36(24-25-53-48)51(7,8)9/h13-33H,1-12H3/q+1/t55-,56?/m0/s1. The van der Waals surface area contributed by atoms with Crippen molar-refractivity contribution in [1.82, 2.24) is 18.7 Å². The number of benzene rings is 5. The predicted octanol–water partition coefficient (Wildman–Crippen LogP) is 14.5. The summed E-state index contributed by atoms with van der Waals surface area (Å²) >= 11 is 0. The van der Waals surface area contributed by atoms with Crippen LogP contribution in [0.4, 0.5) is 22.7 Å². The Morgan fingerprint density at radius 2 is 1.11 bits per heavy atom. The van der Waals surface area contributed by atoms with Crippen molar-refractivity contribution < 1.29 is 4.74 Å². The first-order valence-electron chi connectivity index (χ1n) is 20.5. The van der Waals surface area contributed by atoms with Gasteiger partial charge in [-0.05, 0) is 80.3 Å². The largest absolute Gasteiger partial charge is 0.457 e. The van der Waals surface area contributed by atoms with Crippen LogP contribution in [0.2, 0.25) is 0 Å². The minimum atomic E-state index is -0.103. The summed E-state index contributed by atoms with van der Waals surface area (Å²) in [7, 11) is 0.